The van der Waals surface area contributed by atoms with Crippen LogP contribution in [0.5, 0.6) is 0 Å². The van der Waals surface area contributed by atoms with Gasteiger partial charge >= 0.3 is 6.18 Å². The number of nitrogens with zero attached hydrogens (tertiary/aromatic N) is 7. The lowest BCUT2D eigenvalue weighted by atomic mass is 9.96. The number of alkyl halides is 3. The zero-order valence-corrected chi connectivity index (χ0v) is 23.6. The summed E-state index contributed by atoms with van der Waals surface area (Å²) in [5.41, 5.74) is 3.52. The van der Waals surface area contributed by atoms with E-state index in [-0.39, 0.29) is 29.2 Å². The lowest BCUT2D eigenvalue weighted by Gasteiger charge is -2.18. The van der Waals surface area contributed by atoms with Crippen LogP contribution >= 0.6 is 0 Å². The van der Waals surface area contributed by atoms with Crippen molar-refractivity contribution in [2.75, 3.05) is 18.6 Å². The number of fused-ring (bicyclic) bond motifs is 1. The first-order valence-electron chi connectivity index (χ1n) is 13.7. The Kier molecular flexibility index (Phi) is 7.46. The predicted molar refractivity (Wildman–Crippen MR) is 153 cm³/mol. The summed E-state index contributed by atoms with van der Waals surface area (Å²) in [6.07, 6.45) is -0.314. The fourth-order valence-corrected chi connectivity index (χ4v) is 5.20. The maximum Gasteiger partial charge on any atom is 0.412 e. The van der Waals surface area contributed by atoms with Crippen molar-refractivity contribution in [3.05, 3.63) is 82.6 Å². The van der Waals surface area contributed by atoms with Gasteiger partial charge in [0.05, 0.1) is 24.8 Å². The minimum absolute atomic E-state index is 0.0214. The smallest absolute Gasteiger partial charge is 0.382 e. The van der Waals surface area contributed by atoms with E-state index in [1.807, 2.05) is 12.1 Å². The second kappa shape index (κ2) is 11.3. The molecule has 13 heteroatoms. The highest BCUT2D eigenvalue weighted by atomic mass is 19.4. The van der Waals surface area contributed by atoms with Crippen LogP contribution in [-0.2, 0) is 18.3 Å². The van der Waals surface area contributed by atoms with Crippen molar-refractivity contribution in [1.29, 1.82) is 5.26 Å². The number of amides is 1. The van der Waals surface area contributed by atoms with Gasteiger partial charge in [-0.1, -0.05) is 6.07 Å². The average molecular weight is 604 g/mol. The molecule has 44 heavy (non-hydrogen) atoms. The minimum Gasteiger partial charge on any atom is -0.382 e. The van der Waals surface area contributed by atoms with E-state index < -0.39 is 30.5 Å². The normalized spacial score (nSPS) is 15.6. The number of ether oxygens (including phenoxy) is 1. The number of methoxy groups -OCH3 is 1. The average Bonchev–Trinajstić information content (AvgIpc) is 3.68. The van der Waals surface area contributed by atoms with Crippen molar-refractivity contribution >= 4 is 17.9 Å². The number of rotatable bonds is 8. The molecule has 2 aliphatic rings. The number of aliphatic imine (C=N–C) groups is 1. The Morgan fingerprint density at radius 2 is 1.95 bits per heavy atom. The number of aryl methyl sites for hydroxylation is 1. The van der Waals surface area contributed by atoms with Crippen LogP contribution < -0.4 is 4.90 Å². The summed E-state index contributed by atoms with van der Waals surface area (Å²) in [6.45, 7) is -0.792. The zero-order valence-electron chi connectivity index (χ0n) is 23.6. The van der Waals surface area contributed by atoms with Crippen LogP contribution in [0.1, 0.15) is 51.5 Å². The van der Waals surface area contributed by atoms with Crippen molar-refractivity contribution < 1.29 is 27.1 Å². The Balaban J connectivity index is 1.39. The number of aromatic nitrogens is 4. The lowest BCUT2D eigenvalue weighted by Crippen LogP contribution is -2.31. The van der Waals surface area contributed by atoms with Gasteiger partial charge < -0.3 is 9.30 Å². The van der Waals surface area contributed by atoms with Gasteiger partial charge in [-0.25, -0.2) is 9.37 Å². The molecule has 3 heterocycles. The fraction of sp³-hybridized carbons (Fsp3) is 0.290. The molecule has 4 aromatic rings. The molecule has 0 spiro atoms. The van der Waals surface area contributed by atoms with E-state index in [9.17, 15) is 23.2 Å². The lowest BCUT2D eigenvalue weighted by molar-refractivity contribution is -0.156. The van der Waals surface area contributed by atoms with Crippen molar-refractivity contribution in [3.63, 3.8) is 0 Å². The van der Waals surface area contributed by atoms with Crippen LogP contribution in [0.2, 0.25) is 0 Å². The summed E-state index contributed by atoms with van der Waals surface area (Å²) in [5.74, 6) is -0.199. The number of hydrogen-bond acceptors (Lipinski definition) is 7. The van der Waals surface area contributed by atoms with Crippen molar-refractivity contribution in [2.24, 2.45) is 12.0 Å². The summed E-state index contributed by atoms with van der Waals surface area (Å²) >= 11 is 0. The number of hydrogen-bond donors (Lipinski definition) is 0. The number of anilines is 1. The van der Waals surface area contributed by atoms with Gasteiger partial charge in [-0.05, 0) is 65.9 Å². The van der Waals surface area contributed by atoms with Gasteiger partial charge in [0, 0.05) is 48.7 Å². The summed E-state index contributed by atoms with van der Waals surface area (Å²) in [7, 11) is 2.92. The largest absolute Gasteiger partial charge is 0.412 e. The number of nitriles is 1. The summed E-state index contributed by atoms with van der Waals surface area (Å²) < 4.78 is 61.4. The molecule has 0 bridgehead atoms. The quantitative estimate of drug-likeness (QED) is 0.192. The Labute approximate surface area is 249 Å². The summed E-state index contributed by atoms with van der Waals surface area (Å²) in [6, 6.07) is 11.3. The molecule has 224 valence electrons. The maximum absolute atomic E-state index is 15.3. The highest BCUT2D eigenvalue weighted by Gasteiger charge is 2.39. The Morgan fingerprint density at radius 1 is 1.16 bits per heavy atom. The van der Waals surface area contributed by atoms with Crippen molar-refractivity contribution in [2.45, 2.75) is 37.5 Å². The molecule has 1 amide bonds. The van der Waals surface area contributed by atoms with Crippen LogP contribution in [0.4, 0.5) is 23.4 Å². The first-order chi connectivity index (χ1) is 21.1. The molecule has 0 radical (unpaired) electrons. The number of pyridine rings is 1. The first-order valence-corrected chi connectivity index (χ1v) is 13.7. The van der Waals surface area contributed by atoms with Gasteiger partial charge in [-0.3, -0.25) is 14.7 Å². The molecular formula is C31H25F4N7O2. The monoisotopic (exact) mass is 603 g/mol. The Hall–Kier alpha value is -4.96. The zero-order chi connectivity index (χ0) is 31.2. The van der Waals surface area contributed by atoms with Crippen LogP contribution in [0.15, 0.2) is 53.8 Å². The predicted octanol–water partition coefficient (Wildman–Crippen LogP) is 5.59. The molecule has 2 aromatic heterocycles. The Morgan fingerprint density at radius 3 is 2.61 bits per heavy atom. The molecular weight excluding hydrogens is 578 g/mol. The third-order valence-corrected chi connectivity index (χ3v) is 7.63. The first kappa shape index (κ1) is 29.1. The van der Waals surface area contributed by atoms with E-state index in [4.69, 9.17) is 4.98 Å². The summed E-state index contributed by atoms with van der Waals surface area (Å²) in [4.78, 5) is 23.3. The highest BCUT2D eigenvalue weighted by Crippen LogP contribution is 2.43. The third kappa shape index (κ3) is 5.56. The van der Waals surface area contributed by atoms with Gasteiger partial charge in [0.1, 0.15) is 18.0 Å². The van der Waals surface area contributed by atoms with Gasteiger partial charge in [0.25, 0.3) is 5.91 Å². The number of carbonyl (C=O) groups is 1. The molecule has 0 saturated heterocycles. The molecule has 6 rings (SSSR count). The van der Waals surface area contributed by atoms with E-state index in [0.717, 1.165) is 49.1 Å². The highest BCUT2D eigenvalue weighted by molar-refractivity contribution is 6.10. The molecule has 1 unspecified atom stereocenters. The molecule has 1 saturated carbocycles. The van der Waals surface area contributed by atoms with Crippen molar-refractivity contribution in [1.82, 2.24) is 19.7 Å². The molecule has 1 aliphatic heterocycles. The molecule has 1 fully saturated rings. The second-order valence-corrected chi connectivity index (χ2v) is 10.8. The second-order valence-electron chi connectivity index (χ2n) is 10.8. The fourth-order valence-electron chi connectivity index (χ4n) is 5.20. The minimum atomic E-state index is -4.65. The van der Waals surface area contributed by atoms with Crippen molar-refractivity contribution in [3.8, 4) is 28.6 Å². The van der Waals surface area contributed by atoms with Gasteiger partial charge in [-0.15, -0.1) is 10.2 Å². The van der Waals surface area contributed by atoms with Gasteiger partial charge in [0.15, 0.2) is 11.9 Å². The van der Waals surface area contributed by atoms with Crippen LogP contribution in [0.3, 0.4) is 0 Å². The number of benzene rings is 2. The SMILES string of the molecule is COCC(N=Cc1cc(F)c2c(c1)C(=O)N(c1cc(-c3ccc(C#N)cc3-c3nncn3C)cc(C3CC3)n1)C2)C(F)(F)F. The number of halogens is 4. The van der Waals surface area contributed by atoms with Gasteiger partial charge in [0.2, 0.25) is 0 Å². The summed E-state index contributed by atoms with van der Waals surface area (Å²) in [5, 5.41) is 17.7. The Bertz CT molecular complexity index is 1840. The number of carbonyl (C=O) groups excluding carboxylic acids is 1. The van der Waals surface area contributed by atoms with Crippen LogP contribution in [0.25, 0.3) is 22.5 Å². The molecule has 2 aromatic carbocycles. The molecule has 1 aliphatic carbocycles. The van der Waals surface area contributed by atoms with Gasteiger partial charge in [-0.2, -0.15) is 18.4 Å². The third-order valence-electron chi connectivity index (χ3n) is 7.63. The van der Waals surface area contributed by atoms with E-state index in [2.05, 4.69) is 26.0 Å². The van der Waals surface area contributed by atoms with E-state index in [1.54, 1.807) is 36.1 Å². The van der Waals surface area contributed by atoms with Crippen LogP contribution in [0, 0.1) is 17.1 Å². The maximum atomic E-state index is 15.3. The molecule has 1 atom stereocenters. The van der Waals surface area contributed by atoms with Crippen LogP contribution in [-0.4, -0.2) is 57.8 Å². The topological polar surface area (TPSA) is 109 Å². The van der Waals surface area contributed by atoms with E-state index >= 15 is 4.39 Å². The molecule has 9 nitrogen and oxygen atoms in total. The van der Waals surface area contributed by atoms with E-state index in [1.165, 1.54) is 11.0 Å². The van der Waals surface area contributed by atoms with E-state index in [0.29, 0.717) is 22.8 Å². The standard InChI is InChI=1S/C31H25F4N7O2/c1-41-16-38-40-29(41)22-7-17(12-36)3-6-21(22)20-10-26(19-4-5-19)39-28(11-20)42-14-24-23(30(42)43)8-18(9-25(24)32)13-37-27(15-44-2)31(33,34)35/h3,6-11,13,16,19,27H,4-5,14-15H2,1-2H3. The molecule has 0 N–H and O–H groups in total.